The van der Waals surface area contributed by atoms with Gasteiger partial charge in [-0.25, -0.2) is 0 Å². The van der Waals surface area contributed by atoms with Crippen LogP contribution in [-0.4, -0.2) is 39.8 Å². The van der Waals surface area contributed by atoms with E-state index in [1.807, 2.05) is 26.0 Å². The maximum Gasteiger partial charge on any atom is 0.255 e. The maximum atomic E-state index is 12.3. The molecule has 0 saturated heterocycles. The Labute approximate surface area is 135 Å². The van der Waals surface area contributed by atoms with Gasteiger partial charge >= 0.3 is 0 Å². The van der Waals surface area contributed by atoms with E-state index in [4.69, 9.17) is 0 Å². The predicted octanol–water partition coefficient (Wildman–Crippen LogP) is 1.89. The van der Waals surface area contributed by atoms with Crippen LogP contribution in [0.5, 0.6) is 0 Å². The molecule has 6 nitrogen and oxygen atoms in total. The molecular formula is C17H20N4O2. The summed E-state index contributed by atoms with van der Waals surface area (Å²) in [6.45, 7) is 5.44. The minimum atomic E-state index is -0.268. The summed E-state index contributed by atoms with van der Waals surface area (Å²) in [5, 5.41) is 2.79. The Kier molecular flexibility index (Phi) is 5.80. The van der Waals surface area contributed by atoms with Gasteiger partial charge in [0.2, 0.25) is 0 Å². The van der Waals surface area contributed by atoms with Gasteiger partial charge in [0.25, 0.3) is 11.8 Å². The highest BCUT2D eigenvalue weighted by molar-refractivity contribution is 5.99. The van der Waals surface area contributed by atoms with Crippen LogP contribution in [0.2, 0.25) is 0 Å². The molecule has 0 aromatic carbocycles. The van der Waals surface area contributed by atoms with E-state index < -0.39 is 0 Å². The zero-order valence-corrected chi connectivity index (χ0v) is 13.3. The summed E-state index contributed by atoms with van der Waals surface area (Å²) in [6, 6.07) is 5.27. The third kappa shape index (κ3) is 4.35. The molecule has 0 atom stereocenters. The highest BCUT2D eigenvalue weighted by Gasteiger charge is 2.15. The Morgan fingerprint density at radius 2 is 1.83 bits per heavy atom. The number of carbonyl (C=O) groups is 2. The molecule has 0 aliphatic rings. The van der Waals surface area contributed by atoms with Gasteiger partial charge in [0.05, 0.1) is 11.1 Å². The summed E-state index contributed by atoms with van der Waals surface area (Å²) in [6.07, 6.45) is 6.31. The molecule has 2 amide bonds. The Morgan fingerprint density at radius 1 is 1.09 bits per heavy atom. The molecule has 2 aromatic heterocycles. The van der Waals surface area contributed by atoms with Gasteiger partial charge in [-0.15, -0.1) is 0 Å². The molecule has 0 bridgehead atoms. The van der Waals surface area contributed by atoms with Crippen LogP contribution in [0.4, 0.5) is 0 Å². The first kappa shape index (κ1) is 16.6. The van der Waals surface area contributed by atoms with E-state index in [-0.39, 0.29) is 11.8 Å². The fraction of sp³-hybridized carbons (Fsp3) is 0.294. The molecule has 0 unspecified atom stereocenters. The first-order valence-electron chi connectivity index (χ1n) is 7.57. The summed E-state index contributed by atoms with van der Waals surface area (Å²) >= 11 is 0. The first-order valence-corrected chi connectivity index (χ1v) is 7.57. The van der Waals surface area contributed by atoms with Gasteiger partial charge in [-0.2, -0.15) is 0 Å². The van der Waals surface area contributed by atoms with E-state index in [1.165, 1.54) is 12.4 Å². The molecule has 120 valence electrons. The lowest BCUT2D eigenvalue weighted by atomic mass is 10.1. The third-order valence-electron chi connectivity index (χ3n) is 3.47. The SMILES string of the molecule is CCN(CC)C(=O)c1cncc(C(=O)NCc2cccnc2)c1. The molecule has 0 aliphatic heterocycles. The van der Waals surface area contributed by atoms with Crippen molar-refractivity contribution in [1.82, 2.24) is 20.2 Å². The monoisotopic (exact) mass is 312 g/mol. The standard InChI is InChI=1S/C17H20N4O2/c1-3-21(4-2)17(23)15-8-14(11-19-12-15)16(22)20-10-13-6-5-7-18-9-13/h5-9,11-12H,3-4,10H2,1-2H3,(H,20,22). The van der Waals surface area contributed by atoms with Gasteiger partial charge in [-0.05, 0) is 31.5 Å². The van der Waals surface area contributed by atoms with Gasteiger partial charge in [-0.1, -0.05) is 6.07 Å². The highest BCUT2D eigenvalue weighted by atomic mass is 16.2. The van der Waals surface area contributed by atoms with E-state index >= 15 is 0 Å². The minimum Gasteiger partial charge on any atom is -0.348 e. The average Bonchev–Trinajstić information content (AvgIpc) is 2.61. The maximum absolute atomic E-state index is 12.3. The van der Waals surface area contributed by atoms with Crippen LogP contribution in [0.15, 0.2) is 43.0 Å². The average molecular weight is 312 g/mol. The molecule has 0 saturated carbocycles. The number of nitrogens with one attached hydrogen (secondary N) is 1. The molecule has 0 spiro atoms. The fourth-order valence-corrected chi connectivity index (χ4v) is 2.16. The van der Waals surface area contributed by atoms with Crippen molar-refractivity contribution < 1.29 is 9.59 Å². The quantitative estimate of drug-likeness (QED) is 0.884. The zero-order valence-electron chi connectivity index (χ0n) is 13.3. The Morgan fingerprint density at radius 3 is 2.48 bits per heavy atom. The second-order valence-electron chi connectivity index (χ2n) is 4.98. The zero-order chi connectivity index (χ0) is 16.7. The van der Waals surface area contributed by atoms with Crippen molar-refractivity contribution in [1.29, 1.82) is 0 Å². The van der Waals surface area contributed by atoms with Crippen LogP contribution in [-0.2, 0) is 6.54 Å². The summed E-state index contributed by atoms with van der Waals surface area (Å²) in [5.74, 6) is -0.389. The number of rotatable bonds is 6. The van der Waals surface area contributed by atoms with Crippen molar-refractivity contribution in [3.8, 4) is 0 Å². The van der Waals surface area contributed by atoms with E-state index in [0.717, 1.165) is 5.56 Å². The van der Waals surface area contributed by atoms with Crippen LogP contribution in [0, 0.1) is 0 Å². The molecule has 1 N–H and O–H groups in total. The lowest BCUT2D eigenvalue weighted by Gasteiger charge is -2.18. The molecule has 2 heterocycles. The number of aromatic nitrogens is 2. The molecule has 0 aliphatic carbocycles. The van der Waals surface area contributed by atoms with Crippen LogP contribution in [0.25, 0.3) is 0 Å². The van der Waals surface area contributed by atoms with Crippen molar-refractivity contribution in [2.45, 2.75) is 20.4 Å². The van der Waals surface area contributed by atoms with Crippen LogP contribution in [0.3, 0.4) is 0 Å². The van der Waals surface area contributed by atoms with E-state index in [2.05, 4.69) is 15.3 Å². The topological polar surface area (TPSA) is 75.2 Å². The van der Waals surface area contributed by atoms with Crippen molar-refractivity contribution >= 4 is 11.8 Å². The summed E-state index contributed by atoms with van der Waals surface area (Å²) < 4.78 is 0. The second-order valence-corrected chi connectivity index (χ2v) is 4.98. The fourth-order valence-electron chi connectivity index (χ4n) is 2.16. The number of pyridine rings is 2. The predicted molar refractivity (Wildman–Crippen MR) is 86.9 cm³/mol. The summed E-state index contributed by atoms with van der Waals surface area (Å²) in [5.41, 5.74) is 1.69. The van der Waals surface area contributed by atoms with Gasteiger partial charge in [0, 0.05) is 44.4 Å². The van der Waals surface area contributed by atoms with Crippen LogP contribution >= 0.6 is 0 Å². The van der Waals surface area contributed by atoms with Gasteiger partial charge in [-0.3, -0.25) is 19.6 Å². The first-order chi connectivity index (χ1) is 11.2. The minimum absolute atomic E-state index is 0.121. The lowest BCUT2D eigenvalue weighted by Crippen LogP contribution is -2.31. The molecule has 2 rings (SSSR count). The van der Waals surface area contributed by atoms with Crippen LogP contribution in [0.1, 0.15) is 40.1 Å². The van der Waals surface area contributed by atoms with E-state index in [9.17, 15) is 9.59 Å². The Balaban J connectivity index is 2.06. The van der Waals surface area contributed by atoms with Gasteiger partial charge in [0.15, 0.2) is 0 Å². The van der Waals surface area contributed by atoms with Gasteiger partial charge < -0.3 is 10.2 Å². The van der Waals surface area contributed by atoms with E-state index in [1.54, 1.807) is 23.4 Å². The van der Waals surface area contributed by atoms with Crippen LogP contribution < -0.4 is 5.32 Å². The highest BCUT2D eigenvalue weighted by Crippen LogP contribution is 2.07. The van der Waals surface area contributed by atoms with Crippen molar-refractivity contribution in [3.63, 3.8) is 0 Å². The summed E-state index contributed by atoms with van der Waals surface area (Å²) in [4.78, 5) is 34.2. The normalized spacial score (nSPS) is 10.2. The Bertz CT molecular complexity index is 669. The number of carbonyl (C=O) groups excluding carboxylic acids is 2. The molecular weight excluding hydrogens is 292 g/mol. The van der Waals surface area contributed by atoms with Crippen molar-refractivity contribution in [3.05, 3.63) is 59.7 Å². The third-order valence-corrected chi connectivity index (χ3v) is 3.47. The second kappa shape index (κ2) is 8.03. The molecule has 23 heavy (non-hydrogen) atoms. The number of nitrogens with zero attached hydrogens (tertiary/aromatic N) is 3. The summed E-state index contributed by atoms with van der Waals surface area (Å²) in [7, 11) is 0. The molecule has 0 fully saturated rings. The van der Waals surface area contributed by atoms with Gasteiger partial charge in [0.1, 0.15) is 0 Å². The molecule has 0 radical (unpaired) electrons. The molecule has 2 aromatic rings. The Hall–Kier alpha value is -2.76. The van der Waals surface area contributed by atoms with Crippen molar-refractivity contribution in [2.75, 3.05) is 13.1 Å². The van der Waals surface area contributed by atoms with E-state index in [0.29, 0.717) is 30.8 Å². The van der Waals surface area contributed by atoms with Crippen molar-refractivity contribution in [2.24, 2.45) is 0 Å². The number of hydrogen-bond acceptors (Lipinski definition) is 4. The smallest absolute Gasteiger partial charge is 0.255 e. The lowest BCUT2D eigenvalue weighted by molar-refractivity contribution is 0.0772. The number of amides is 2. The largest absolute Gasteiger partial charge is 0.348 e. The number of hydrogen-bond donors (Lipinski definition) is 1. The molecule has 6 heteroatoms.